The summed E-state index contributed by atoms with van der Waals surface area (Å²) in [7, 11) is 0. The molecule has 1 aromatic heterocycles. The average molecular weight is 340 g/mol. The van der Waals surface area contributed by atoms with Gasteiger partial charge in [-0.3, -0.25) is 9.78 Å². The first-order chi connectivity index (χ1) is 10.6. The highest BCUT2D eigenvalue weighted by Crippen LogP contribution is 2.29. The van der Waals surface area contributed by atoms with Crippen LogP contribution < -0.4 is 10.6 Å². The van der Waals surface area contributed by atoms with Gasteiger partial charge in [0.25, 0.3) is 5.92 Å². The van der Waals surface area contributed by atoms with Crippen molar-refractivity contribution in [2.75, 3.05) is 25.0 Å². The first-order valence-electron chi connectivity index (χ1n) is 6.78. The number of nitrogens with zero attached hydrogens (tertiary/aromatic N) is 2. The number of aromatic nitrogens is 2. The maximum absolute atomic E-state index is 13.5. The third-order valence-corrected chi connectivity index (χ3v) is 3.07. The Hall–Kier alpha value is -1.84. The topological polar surface area (TPSA) is 66.9 Å². The van der Waals surface area contributed by atoms with Crippen LogP contribution in [-0.4, -0.2) is 48.0 Å². The Morgan fingerprint density at radius 1 is 1.39 bits per heavy atom. The van der Waals surface area contributed by atoms with E-state index in [1.165, 1.54) is 0 Å². The zero-order valence-corrected chi connectivity index (χ0v) is 12.3. The van der Waals surface area contributed by atoms with Crippen molar-refractivity contribution in [3.63, 3.8) is 0 Å². The van der Waals surface area contributed by atoms with E-state index in [1.54, 1.807) is 12.4 Å². The highest BCUT2D eigenvalue weighted by Gasteiger charge is 2.41. The molecule has 0 unspecified atom stereocenters. The minimum absolute atomic E-state index is 0.229. The van der Waals surface area contributed by atoms with E-state index >= 15 is 0 Å². The number of alkyl halides is 5. The molecule has 0 aliphatic carbocycles. The van der Waals surface area contributed by atoms with E-state index in [1.807, 2.05) is 6.92 Å². The number of anilines is 1. The fourth-order valence-electron chi connectivity index (χ4n) is 1.85. The van der Waals surface area contributed by atoms with E-state index in [-0.39, 0.29) is 13.1 Å². The van der Waals surface area contributed by atoms with Crippen LogP contribution in [0.2, 0.25) is 0 Å². The summed E-state index contributed by atoms with van der Waals surface area (Å²) in [6.45, 7) is 2.46. The van der Waals surface area contributed by atoms with Crippen molar-refractivity contribution in [3.05, 3.63) is 18.1 Å². The van der Waals surface area contributed by atoms with Crippen LogP contribution in [0.1, 0.15) is 12.1 Å². The fraction of sp³-hybridized carbons (Fsp3) is 0.615. The molecule has 0 radical (unpaired) electrons. The fourth-order valence-corrected chi connectivity index (χ4v) is 1.85. The number of halogens is 5. The summed E-state index contributed by atoms with van der Waals surface area (Å²) < 4.78 is 58.2. The summed E-state index contributed by atoms with van der Waals surface area (Å²) in [4.78, 5) is 16.8. The van der Waals surface area contributed by atoms with Crippen LogP contribution in [0.5, 0.6) is 0 Å². The average Bonchev–Trinajstić information content (AvgIpc) is 2.47. The Bertz CT molecular complexity index is 492. The second-order valence-electron chi connectivity index (χ2n) is 5.01. The van der Waals surface area contributed by atoms with Gasteiger partial charge in [-0.25, -0.2) is 13.8 Å². The monoisotopic (exact) mass is 340 g/mol. The number of aryl methyl sites for hydroxylation is 1. The number of rotatable bonds is 3. The van der Waals surface area contributed by atoms with E-state index in [4.69, 9.17) is 4.79 Å². The van der Waals surface area contributed by atoms with Crippen molar-refractivity contribution in [2.45, 2.75) is 25.4 Å². The zero-order chi connectivity index (χ0) is 17.5. The third kappa shape index (κ3) is 7.31. The Morgan fingerprint density at radius 3 is 2.52 bits per heavy atom. The molecule has 1 atom stereocenters. The van der Waals surface area contributed by atoms with Crippen molar-refractivity contribution in [1.82, 2.24) is 15.3 Å². The molecule has 1 saturated heterocycles. The highest BCUT2D eigenvalue weighted by atomic mass is 19.4. The Morgan fingerprint density at radius 2 is 2.04 bits per heavy atom. The molecular weight excluding hydrogens is 323 g/mol. The van der Waals surface area contributed by atoms with Crippen LogP contribution in [-0.2, 0) is 4.79 Å². The largest absolute Gasteiger partial charge is 0.446 e. The smallest absolute Gasteiger partial charge is 0.368 e. The predicted octanol–water partition coefficient (Wildman–Crippen LogP) is 2.19. The molecule has 0 spiro atoms. The van der Waals surface area contributed by atoms with Crippen LogP contribution in [0.15, 0.2) is 12.4 Å². The van der Waals surface area contributed by atoms with Crippen LogP contribution in [0.4, 0.5) is 27.8 Å². The molecule has 130 valence electrons. The van der Waals surface area contributed by atoms with Gasteiger partial charge in [0.15, 0.2) is 0 Å². The standard InChI is InChI=1S/C11H16F2N4.C2HF3O/c1-8-4-16-10(6-15-8)17-5-9-2-3-14-7-11(9,12)13;3-2(4,5)1-6/h4,6,9,14H,2-3,5,7H2,1H3,(H,16,17);1H/t9-;/m1./s1. The molecule has 23 heavy (non-hydrogen) atoms. The van der Waals surface area contributed by atoms with Crippen LogP contribution in [0, 0.1) is 12.8 Å². The Labute approximate surface area is 129 Å². The molecule has 1 aliphatic rings. The molecule has 2 rings (SSSR count). The summed E-state index contributed by atoms with van der Waals surface area (Å²) in [5.74, 6) is -2.75. The number of carbonyl (C=O) groups is 1. The normalized spacial score (nSPS) is 20.2. The number of hydrogen-bond donors (Lipinski definition) is 2. The van der Waals surface area contributed by atoms with Gasteiger partial charge in [-0.05, 0) is 19.9 Å². The highest BCUT2D eigenvalue weighted by molar-refractivity contribution is 5.56. The number of piperidine rings is 1. The molecular formula is C13H17F5N4O. The van der Waals surface area contributed by atoms with Gasteiger partial charge in [0.2, 0.25) is 6.29 Å². The zero-order valence-electron chi connectivity index (χ0n) is 12.3. The van der Waals surface area contributed by atoms with Crippen LogP contribution in [0.25, 0.3) is 0 Å². The Balaban J connectivity index is 0.000000379. The second kappa shape index (κ2) is 8.14. The minimum Gasteiger partial charge on any atom is -0.368 e. The van der Waals surface area contributed by atoms with Crippen molar-refractivity contribution in [1.29, 1.82) is 0 Å². The molecule has 0 saturated carbocycles. The van der Waals surface area contributed by atoms with Crippen LogP contribution >= 0.6 is 0 Å². The minimum atomic E-state index is -4.64. The molecule has 1 aliphatic heterocycles. The van der Waals surface area contributed by atoms with Gasteiger partial charge in [0, 0.05) is 12.5 Å². The summed E-state index contributed by atoms with van der Waals surface area (Å²) in [5.41, 5.74) is 0.808. The summed E-state index contributed by atoms with van der Waals surface area (Å²) in [6, 6.07) is 0. The maximum Gasteiger partial charge on any atom is 0.446 e. The van der Waals surface area contributed by atoms with Gasteiger partial charge in [0.05, 0.1) is 24.6 Å². The first-order valence-corrected chi connectivity index (χ1v) is 6.78. The molecule has 1 aromatic rings. The van der Waals surface area contributed by atoms with Crippen molar-refractivity contribution in [2.24, 2.45) is 5.92 Å². The van der Waals surface area contributed by atoms with E-state index in [0.717, 1.165) is 5.69 Å². The number of nitrogens with one attached hydrogen (secondary N) is 2. The molecule has 0 aromatic carbocycles. The lowest BCUT2D eigenvalue weighted by Crippen LogP contribution is -2.48. The van der Waals surface area contributed by atoms with Gasteiger partial charge < -0.3 is 10.6 Å². The van der Waals surface area contributed by atoms with E-state index < -0.39 is 24.3 Å². The summed E-state index contributed by atoms with van der Waals surface area (Å²) in [6.07, 6.45) is -2.05. The van der Waals surface area contributed by atoms with Gasteiger partial charge in [-0.2, -0.15) is 13.2 Å². The number of carbonyl (C=O) groups excluding carboxylic acids is 1. The van der Waals surface area contributed by atoms with Gasteiger partial charge >= 0.3 is 6.18 Å². The number of hydrogen-bond acceptors (Lipinski definition) is 5. The maximum atomic E-state index is 13.5. The lowest BCUT2D eigenvalue weighted by atomic mass is 9.94. The van der Waals surface area contributed by atoms with E-state index in [0.29, 0.717) is 18.8 Å². The van der Waals surface area contributed by atoms with Crippen LogP contribution in [0.3, 0.4) is 0 Å². The molecule has 10 heteroatoms. The quantitative estimate of drug-likeness (QED) is 0.652. The first kappa shape index (κ1) is 19.2. The third-order valence-electron chi connectivity index (χ3n) is 3.07. The molecule has 1 fully saturated rings. The second-order valence-corrected chi connectivity index (χ2v) is 5.01. The molecule has 2 N–H and O–H groups in total. The van der Waals surface area contributed by atoms with Gasteiger partial charge in [0.1, 0.15) is 5.82 Å². The van der Waals surface area contributed by atoms with E-state index in [2.05, 4.69) is 20.6 Å². The number of aldehydes is 1. The van der Waals surface area contributed by atoms with Crippen molar-refractivity contribution >= 4 is 12.1 Å². The summed E-state index contributed by atoms with van der Waals surface area (Å²) >= 11 is 0. The lowest BCUT2D eigenvalue weighted by Gasteiger charge is -2.31. The molecule has 2 heterocycles. The van der Waals surface area contributed by atoms with E-state index in [9.17, 15) is 22.0 Å². The summed E-state index contributed by atoms with van der Waals surface area (Å²) in [5, 5.41) is 5.62. The van der Waals surface area contributed by atoms with Gasteiger partial charge in [-0.15, -0.1) is 0 Å². The molecule has 5 nitrogen and oxygen atoms in total. The van der Waals surface area contributed by atoms with Crippen molar-refractivity contribution < 1.29 is 26.7 Å². The Kier molecular flexibility index (Phi) is 6.79. The molecule has 0 bridgehead atoms. The lowest BCUT2D eigenvalue weighted by molar-refractivity contribution is -0.156. The van der Waals surface area contributed by atoms with Crippen molar-refractivity contribution in [3.8, 4) is 0 Å². The predicted molar refractivity (Wildman–Crippen MR) is 73.3 cm³/mol. The SMILES string of the molecule is Cc1cnc(NC[C@H]2CCNCC2(F)F)cn1.O=CC(F)(F)F. The molecule has 0 amide bonds. The van der Waals surface area contributed by atoms with Gasteiger partial charge in [-0.1, -0.05) is 0 Å².